The Bertz CT molecular complexity index is 681. The summed E-state index contributed by atoms with van der Waals surface area (Å²) >= 11 is 1.33. The molecule has 2 rings (SSSR count). The second-order valence-electron chi connectivity index (χ2n) is 5.12. The van der Waals surface area contributed by atoms with Crippen LogP contribution in [0.25, 0.3) is 10.2 Å². The van der Waals surface area contributed by atoms with Gasteiger partial charge in [-0.25, -0.2) is 4.98 Å². The molecule has 0 saturated heterocycles. The lowest BCUT2D eigenvalue weighted by Crippen LogP contribution is -2.40. The van der Waals surface area contributed by atoms with Crippen molar-refractivity contribution in [2.75, 3.05) is 19.3 Å². The van der Waals surface area contributed by atoms with Crippen molar-refractivity contribution in [1.29, 1.82) is 0 Å². The summed E-state index contributed by atoms with van der Waals surface area (Å²) in [6.07, 6.45) is 0. The third kappa shape index (κ3) is 3.69. The van der Waals surface area contributed by atoms with Gasteiger partial charge in [0, 0.05) is 18.7 Å². The predicted octanol–water partition coefficient (Wildman–Crippen LogP) is 1.48. The van der Waals surface area contributed by atoms with Gasteiger partial charge in [0.15, 0.2) is 5.13 Å². The Balaban J connectivity index is 2.11. The van der Waals surface area contributed by atoms with E-state index in [0.717, 1.165) is 10.2 Å². The number of hydrogen-bond acceptors (Lipinski definition) is 5. The van der Waals surface area contributed by atoms with Crippen LogP contribution in [-0.4, -0.2) is 41.3 Å². The van der Waals surface area contributed by atoms with Gasteiger partial charge < -0.3 is 16.0 Å². The van der Waals surface area contributed by atoms with Crippen molar-refractivity contribution in [3.05, 3.63) is 23.8 Å². The average molecular weight is 306 g/mol. The van der Waals surface area contributed by atoms with Crippen LogP contribution < -0.4 is 11.1 Å². The molecule has 3 N–H and O–H groups in total. The largest absolute Gasteiger partial charge is 0.375 e. The Labute approximate surface area is 127 Å². The molecule has 0 aliphatic heterocycles. The van der Waals surface area contributed by atoms with Gasteiger partial charge in [0.25, 0.3) is 5.91 Å². The molecule has 0 aliphatic rings. The van der Waals surface area contributed by atoms with Crippen molar-refractivity contribution >= 4 is 38.5 Å². The van der Waals surface area contributed by atoms with Crippen LogP contribution in [0.2, 0.25) is 0 Å². The zero-order valence-electron chi connectivity index (χ0n) is 12.2. The van der Waals surface area contributed by atoms with Gasteiger partial charge in [-0.2, -0.15) is 0 Å². The van der Waals surface area contributed by atoms with E-state index in [-0.39, 0.29) is 24.4 Å². The maximum absolute atomic E-state index is 12.3. The lowest BCUT2D eigenvalue weighted by Gasteiger charge is -2.18. The van der Waals surface area contributed by atoms with E-state index < -0.39 is 0 Å². The van der Waals surface area contributed by atoms with Crippen LogP contribution >= 0.6 is 11.3 Å². The van der Waals surface area contributed by atoms with Gasteiger partial charge in [0.2, 0.25) is 5.91 Å². The second-order valence-corrected chi connectivity index (χ2v) is 6.18. The number of nitrogens with two attached hydrogens (primary N) is 1. The standard InChI is InChI=1S/C14H18N4O2S/c1-8(2)16-12(19)7-18(3)13(20)9-4-5-10-11(6-9)21-14(15)17-10/h4-6,8H,7H2,1-3H3,(H2,15,17)(H,16,19). The summed E-state index contributed by atoms with van der Waals surface area (Å²) < 4.78 is 0.860. The van der Waals surface area contributed by atoms with E-state index in [0.29, 0.717) is 10.7 Å². The van der Waals surface area contributed by atoms with E-state index in [1.807, 2.05) is 13.8 Å². The molecule has 1 heterocycles. The van der Waals surface area contributed by atoms with Gasteiger partial charge in [-0.1, -0.05) is 11.3 Å². The second kappa shape index (κ2) is 6.09. The van der Waals surface area contributed by atoms with E-state index in [4.69, 9.17) is 5.73 Å². The molecule has 2 aromatic rings. The summed E-state index contributed by atoms with van der Waals surface area (Å²) in [6.45, 7) is 3.78. The van der Waals surface area contributed by atoms with Crippen molar-refractivity contribution in [1.82, 2.24) is 15.2 Å². The fraction of sp³-hybridized carbons (Fsp3) is 0.357. The van der Waals surface area contributed by atoms with Crippen LogP contribution in [0.4, 0.5) is 5.13 Å². The van der Waals surface area contributed by atoms with Gasteiger partial charge >= 0.3 is 0 Å². The van der Waals surface area contributed by atoms with E-state index >= 15 is 0 Å². The minimum Gasteiger partial charge on any atom is -0.375 e. The maximum Gasteiger partial charge on any atom is 0.254 e. The molecule has 0 unspecified atom stereocenters. The molecule has 0 saturated carbocycles. The Morgan fingerprint density at radius 2 is 2.14 bits per heavy atom. The molecule has 0 fully saturated rings. The molecule has 0 radical (unpaired) electrons. The smallest absolute Gasteiger partial charge is 0.254 e. The Hall–Kier alpha value is -2.15. The number of nitrogen functional groups attached to an aromatic ring is 1. The first kappa shape index (κ1) is 15.2. The summed E-state index contributed by atoms with van der Waals surface area (Å²) in [5, 5.41) is 3.23. The highest BCUT2D eigenvalue weighted by molar-refractivity contribution is 7.22. The molecule has 0 spiro atoms. The Kier molecular flexibility index (Phi) is 4.42. The fourth-order valence-corrected chi connectivity index (χ4v) is 2.72. The molecule has 6 nitrogen and oxygen atoms in total. The molecule has 1 aromatic carbocycles. The van der Waals surface area contributed by atoms with Crippen molar-refractivity contribution in [2.45, 2.75) is 19.9 Å². The summed E-state index contributed by atoms with van der Waals surface area (Å²) in [5.74, 6) is -0.383. The highest BCUT2D eigenvalue weighted by atomic mass is 32.1. The third-order valence-electron chi connectivity index (χ3n) is 2.83. The summed E-state index contributed by atoms with van der Waals surface area (Å²) in [5.41, 5.74) is 6.94. The van der Waals surface area contributed by atoms with Crippen LogP contribution in [0.5, 0.6) is 0 Å². The van der Waals surface area contributed by atoms with Gasteiger partial charge in [0.1, 0.15) is 0 Å². The maximum atomic E-state index is 12.3. The molecule has 0 aliphatic carbocycles. The molecule has 0 bridgehead atoms. The molecule has 7 heteroatoms. The van der Waals surface area contributed by atoms with Gasteiger partial charge in [-0.3, -0.25) is 9.59 Å². The number of nitrogens with zero attached hydrogens (tertiary/aromatic N) is 2. The highest BCUT2D eigenvalue weighted by Gasteiger charge is 2.16. The fourth-order valence-electron chi connectivity index (χ4n) is 1.95. The molecular weight excluding hydrogens is 288 g/mol. The van der Waals surface area contributed by atoms with E-state index in [1.54, 1.807) is 25.2 Å². The van der Waals surface area contributed by atoms with Crippen LogP contribution in [0.1, 0.15) is 24.2 Å². The first-order chi connectivity index (χ1) is 9.86. The number of nitrogens with one attached hydrogen (secondary N) is 1. The summed E-state index contributed by atoms with van der Waals surface area (Å²) in [6, 6.07) is 5.26. The van der Waals surface area contributed by atoms with Crippen molar-refractivity contribution in [3.63, 3.8) is 0 Å². The zero-order valence-corrected chi connectivity index (χ0v) is 13.0. The van der Waals surface area contributed by atoms with E-state index in [9.17, 15) is 9.59 Å². The van der Waals surface area contributed by atoms with E-state index in [1.165, 1.54) is 16.2 Å². The van der Waals surface area contributed by atoms with Gasteiger partial charge in [-0.05, 0) is 32.0 Å². The number of amides is 2. The number of likely N-dealkylation sites (N-methyl/N-ethyl adjacent to an activating group) is 1. The topological polar surface area (TPSA) is 88.3 Å². The molecule has 112 valence electrons. The average Bonchev–Trinajstić information content (AvgIpc) is 2.75. The predicted molar refractivity (Wildman–Crippen MR) is 84.3 cm³/mol. The lowest BCUT2D eigenvalue weighted by molar-refractivity contribution is -0.122. The number of carbonyl (C=O) groups is 2. The Morgan fingerprint density at radius 1 is 1.43 bits per heavy atom. The van der Waals surface area contributed by atoms with Gasteiger partial charge in [-0.15, -0.1) is 0 Å². The number of hydrogen-bond donors (Lipinski definition) is 2. The molecular formula is C14H18N4O2S. The molecule has 2 amide bonds. The quantitative estimate of drug-likeness (QED) is 0.895. The van der Waals surface area contributed by atoms with Crippen LogP contribution in [-0.2, 0) is 4.79 Å². The molecule has 1 aromatic heterocycles. The van der Waals surface area contributed by atoms with Crippen molar-refractivity contribution in [3.8, 4) is 0 Å². The monoisotopic (exact) mass is 306 g/mol. The van der Waals surface area contributed by atoms with Crippen LogP contribution in [0.15, 0.2) is 18.2 Å². The van der Waals surface area contributed by atoms with Crippen molar-refractivity contribution in [2.24, 2.45) is 0 Å². The van der Waals surface area contributed by atoms with E-state index in [2.05, 4.69) is 10.3 Å². The number of rotatable bonds is 4. The van der Waals surface area contributed by atoms with Gasteiger partial charge in [0.05, 0.1) is 16.8 Å². The minimum absolute atomic E-state index is 0.0277. The highest BCUT2D eigenvalue weighted by Crippen LogP contribution is 2.24. The number of fused-ring (bicyclic) bond motifs is 1. The third-order valence-corrected chi connectivity index (χ3v) is 3.68. The SMILES string of the molecule is CC(C)NC(=O)CN(C)C(=O)c1ccc2nc(N)sc2c1. The zero-order chi connectivity index (χ0) is 15.6. The first-order valence-corrected chi connectivity index (χ1v) is 7.39. The first-order valence-electron chi connectivity index (χ1n) is 6.57. The number of carbonyl (C=O) groups excluding carboxylic acids is 2. The Morgan fingerprint density at radius 3 is 2.81 bits per heavy atom. The number of thiazole rings is 1. The minimum atomic E-state index is -0.206. The van der Waals surface area contributed by atoms with Crippen LogP contribution in [0.3, 0.4) is 0 Å². The summed E-state index contributed by atoms with van der Waals surface area (Å²) in [7, 11) is 1.60. The van der Waals surface area contributed by atoms with Crippen molar-refractivity contribution < 1.29 is 9.59 Å². The molecule has 21 heavy (non-hydrogen) atoms. The molecule has 0 atom stereocenters. The number of anilines is 1. The number of aromatic nitrogens is 1. The van der Waals surface area contributed by atoms with Crippen LogP contribution in [0, 0.1) is 0 Å². The lowest BCUT2D eigenvalue weighted by atomic mass is 10.2. The summed E-state index contributed by atoms with van der Waals surface area (Å²) in [4.78, 5) is 29.5. The number of benzene rings is 1. The normalized spacial score (nSPS) is 10.9.